The van der Waals surface area contributed by atoms with E-state index in [1.54, 1.807) is 0 Å². The molecule has 2 heteroatoms. The quantitative estimate of drug-likeness (QED) is 0.505. The number of nitrogens with two attached hydrogens (primary N) is 1. The number of nitrogen functional groups attached to an aromatic ring is 1. The number of hydrogen-bond donors (Lipinski definition) is 1. The van der Waals surface area contributed by atoms with Crippen LogP contribution >= 0.6 is 0 Å². The van der Waals surface area contributed by atoms with Gasteiger partial charge in [-0.3, -0.25) is 0 Å². The molecule has 4 rings (SSSR count). The molecule has 3 aromatic carbocycles. The lowest BCUT2D eigenvalue weighted by atomic mass is 10.2. The second kappa shape index (κ2) is 4.14. The van der Waals surface area contributed by atoms with Crippen LogP contribution in [-0.2, 0) is 0 Å². The van der Waals surface area contributed by atoms with Crippen LogP contribution in [-0.4, -0.2) is 4.57 Å². The summed E-state index contributed by atoms with van der Waals surface area (Å²) in [5.74, 6) is 0. The summed E-state index contributed by atoms with van der Waals surface area (Å²) in [6, 6.07) is 24.9. The fraction of sp³-hybridized carbons (Fsp3) is 0. The van der Waals surface area contributed by atoms with Crippen molar-refractivity contribution in [2.75, 3.05) is 5.73 Å². The van der Waals surface area contributed by atoms with Crippen molar-refractivity contribution < 1.29 is 0 Å². The molecule has 20 heavy (non-hydrogen) atoms. The molecule has 0 aliphatic carbocycles. The predicted octanol–water partition coefficient (Wildman–Crippen LogP) is 4.37. The summed E-state index contributed by atoms with van der Waals surface area (Å²) < 4.78 is 2.24. The molecule has 2 nitrogen and oxygen atoms in total. The van der Waals surface area contributed by atoms with Crippen molar-refractivity contribution in [2.24, 2.45) is 0 Å². The van der Waals surface area contributed by atoms with Crippen molar-refractivity contribution >= 4 is 27.5 Å². The maximum Gasteiger partial charge on any atom is 0.0691 e. The number of benzene rings is 3. The van der Waals surface area contributed by atoms with E-state index >= 15 is 0 Å². The molecule has 0 amide bonds. The summed E-state index contributed by atoms with van der Waals surface area (Å²) >= 11 is 0. The van der Waals surface area contributed by atoms with Gasteiger partial charge in [0.2, 0.25) is 0 Å². The van der Waals surface area contributed by atoms with Crippen LogP contribution in [0.25, 0.3) is 27.5 Å². The number of para-hydroxylation sites is 4. The Kier molecular flexibility index (Phi) is 2.30. The highest BCUT2D eigenvalue weighted by atomic mass is 15.0. The summed E-state index contributed by atoms with van der Waals surface area (Å²) in [7, 11) is 0. The van der Waals surface area contributed by atoms with E-state index in [4.69, 9.17) is 5.73 Å². The van der Waals surface area contributed by atoms with Crippen molar-refractivity contribution in [2.45, 2.75) is 0 Å². The second-order valence-electron chi connectivity index (χ2n) is 4.93. The van der Waals surface area contributed by atoms with Crippen LogP contribution < -0.4 is 5.73 Å². The molecule has 4 aromatic rings. The van der Waals surface area contributed by atoms with Gasteiger partial charge in [0.05, 0.1) is 22.4 Å². The number of anilines is 1. The number of nitrogens with zero attached hydrogens (tertiary/aromatic N) is 1. The first-order valence-electron chi connectivity index (χ1n) is 6.69. The molecule has 1 heterocycles. The fourth-order valence-corrected chi connectivity index (χ4v) is 2.87. The molecule has 0 spiro atoms. The van der Waals surface area contributed by atoms with Gasteiger partial charge >= 0.3 is 0 Å². The van der Waals surface area contributed by atoms with Crippen LogP contribution in [0.1, 0.15) is 0 Å². The lowest BCUT2D eigenvalue weighted by molar-refractivity contribution is 1.18. The molecule has 0 bridgehead atoms. The minimum absolute atomic E-state index is 0.791. The predicted molar refractivity (Wildman–Crippen MR) is 85.2 cm³/mol. The minimum atomic E-state index is 0.791. The molecule has 0 saturated heterocycles. The van der Waals surface area contributed by atoms with E-state index < -0.39 is 0 Å². The largest absolute Gasteiger partial charge is 0.397 e. The monoisotopic (exact) mass is 258 g/mol. The summed E-state index contributed by atoms with van der Waals surface area (Å²) in [6.07, 6.45) is 0. The van der Waals surface area contributed by atoms with Gasteiger partial charge in [-0.05, 0) is 24.3 Å². The van der Waals surface area contributed by atoms with Crippen LogP contribution in [0.15, 0.2) is 72.8 Å². The topological polar surface area (TPSA) is 30.9 Å². The molecule has 0 unspecified atom stereocenters. The zero-order valence-electron chi connectivity index (χ0n) is 11.0. The fourth-order valence-electron chi connectivity index (χ4n) is 2.87. The first-order valence-corrected chi connectivity index (χ1v) is 6.69. The smallest absolute Gasteiger partial charge is 0.0691 e. The molecular weight excluding hydrogens is 244 g/mol. The molecule has 96 valence electrons. The Balaban J connectivity index is 2.24. The Morgan fingerprint density at radius 2 is 1.10 bits per heavy atom. The van der Waals surface area contributed by atoms with Gasteiger partial charge in [0.25, 0.3) is 0 Å². The Morgan fingerprint density at radius 3 is 1.70 bits per heavy atom. The van der Waals surface area contributed by atoms with Gasteiger partial charge in [0, 0.05) is 10.8 Å². The van der Waals surface area contributed by atoms with Crippen molar-refractivity contribution in [3.05, 3.63) is 72.8 Å². The van der Waals surface area contributed by atoms with E-state index in [0.717, 1.165) is 11.4 Å². The third-order valence-corrected chi connectivity index (χ3v) is 3.76. The highest BCUT2D eigenvalue weighted by molar-refractivity contribution is 6.09. The number of hydrogen-bond acceptors (Lipinski definition) is 1. The molecule has 0 radical (unpaired) electrons. The zero-order chi connectivity index (χ0) is 13.5. The van der Waals surface area contributed by atoms with Crippen LogP contribution in [0.3, 0.4) is 0 Å². The average Bonchev–Trinajstić information content (AvgIpc) is 2.83. The molecule has 1 aromatic heterocycles. The van der Waals surface area contributed by atoms with E-state index in [-0.39, 0.29) is 0 Å². The minimum Gasteiger partial charge on any atom is -0.397 e. The zero-order valence-corrected chi connectivity index (χ0v) is 11.0. The molecule has 0 aliphatic heterocycles. The number of fused-ring (bicyclic) bond motifs is 3. The van der Waals surface area contributed by atoms with E-state index in [2.05, 4.69) is 59.2 Å². The van der Waals surface area contributed by atoms with Gasteiger partial charge in [-0.1, -0.05) is 48.5 Å². The van der Waals surface area contributed by atoms with E-state index in [1.165, 1.54) is 21.8 Å². The van der Waals surface area contributed by atoms with Crippen LogP contribution in [0.5, 0.6) is 0 Å². The maximum atomic E-state index is 6.17. The van der Waals surface area contributed by atoms with E-state index in [1.807, 2.05) is 18.2 Å². The number of aromatic nitrogens is 1. The van der Waals surface area contributed by atoms with E-state index in [0.29, 0.717) is 0 Å². The summed E-state index contributed by atoms with van der Waals surface area (Å²) in [5, 5.41) is 2.51. The average molecular weight is 258 g/mol. The van der Waals surface area contributed by atoms with Gasteiger partial charge in [-0.25, -0.2) is 0 Å². The summed E-state index contributed by atoms with van der Waals surface area (Å²) in [6.45, 7) is 0. The number of rotatable bonds is 1. The van der Waals surface area contributed by atoms with Crippen LogP contribution in [0.4, 0.5) is 5.69 Å². The second-order valence-corrected chi connectivity index (χ2v) is 4.93. The lowest BCUT2D eigenvalue weighted by Gasteiger charge is -2.10. The highest BCUT2D eigenvalue weighted by Crippen LogP contribution is 2.33. The molecule has 0 fully saturated rings. The van der Waals surface area contributed by atoms with Gasteiger partial charge in [-0.2, -0.15) is 0 Å². The summed E-state index contributed by atoms with van der Waals surface area (Å²) in [4.78, 5) is 0. The van der Waals surface area contributed by atoms with Crippen molar-refractivity contribution in [3.8, 4) is 5.69 Å². The first kappa shape index (κ1) is 11.1. The van der Waals surface area contributed by atoms with Crippen molar-refractivity contribution in [1.82, 2.24) is 4.57 Å². The van der Waals surface area contributed by atoms with Crippen molar-refractivity contribution in [3.63, 3.8) is 0 Å². The van der Waals surface area contributed by atoms with Crippen molar-refractivity contribution in [1.29, 1.82) is 0 Å². The Morgan fingerprint density at radius 1 is 0.600 bits per heavy atom. The van der Waals surface area contributed by atoms with Gasteiger partial charge in [0.15, 0.2) is 0 Å². The first-order chi connectivity index (χ1) is 9.86. The molecule has 0 aliphatic rings. The molecule has 0 atom stereocenters. The normalized spacial score (nSPS) is 11.2. The lowest BCUT2D eigenvalue weighted by Crippen LogP contribution is -1.98. The molecule has 2 N–H and O–H groups in total. The Hall–Kier alpha value is -2.74. The standard InChI is InChI=1S/C18H14N2/c19-15-9-3-6-12-18(15)20-16-10-4-1-7-13(16)14-8-2-5-11-17(14)20/h1-12H,19H2. The molecular formula is C18H14N2. The Bertz CT molecular complexity index is 866. The highest BCUT2D eigenvalue weighted by Gasteiger charge is 2.12. The van der Waals surface area contributed by atoms with Crippen LogP contribution in [0.2, 0.25) is 0 Å². The third kappa shape index (κ3) is 1.45. The van der Waals surface area contributed by atoms with Gasteiger partial charge < -0.3 is 10.3 Å². The SMILES string of the molecule is Nc1ccccc1-n1c2ccccc2c2ccccc21. The Labute approximate surface area is 117 Å². The van der Waals surface area contributed by atoms with Gasteiger partial charge in [-0.15, -0.1) is 0 Å². The van der Waals surface area contributed by atoms with Gasteiger partial charge in [0.1, 0.15) is 0 Å². The summed E-state index contributed by atoms with van der Waals surface area (Å²) in [5.41, 5.74) is 10.4. The maximum absolute atomic E-state index is 6.17. The molecule has 0 saturated carbocycles. The van der Waals surface area contributed by atoms with Crippen LogP contribution in [0, 0.1) is 0 Å². The third-order valence-electron chi connectivity index (χ3n) is 3.76. The van der Waals surface area contributed by atoms with E-state index in [9.17, 15) is 0 Å².